The summed E-state index contributed by atoms with van der Waals surface area (Å²) in [4.78, 5) is 0.325. The lowest BCUT2D eigenvalue weighted by atomic mass is 10.3. The number of rotatable bonds is 0. The van der Waals surface area contributed by atoms with Gasteiger partial charge in [0.05, 0.1) is 4.87 Å². The van der Waals surface area contributed by atoms with E-state index in [1.54, 1.807) is 0 Å². The zero-order valence-corrected chi connectivity index (χ0v) is 10.4. The van der Waals surface area contributed by atoms with Gasteiger partial charge in [0, 0.05) is 11.0 Å². The first kappa shape index (κ1) is 12.7. The summed E-state index contributed by atoms with van der Waals surface area (Å²) in [5.74, 6) is 2.53. The molecule has 0 amide bonds. The molecule has 0 saturated carbocycles. The van der Waals surface area contributed by atoms with Gasteiger partial charge in [0.2, 0.25) is 0 Å². The predicted molar refractivity (Wildman–Crippen MR) is 62.4 cm³/mol. The molecule has 1 aliphatic heterocycles. The number of hydrogen-bond acceptors (Lipinski definition) is 3. The Balaban J connectivity index is 0.000000261. The van der Waals surface area contributed by atoms with E-state index in [0.717, 1.165) is 5.88 Å². The molecule has 1 fully saturated rings. The molecule has 0 aromatic rings. The van der Waals surface area contributed by atoms with Crippen LogP contribution in [0.2, 0.25) is 0 Å². The van der Waals surface area contributed by atoms with Crippen LogP contribution in [-0.4, -0.2) is 15.8 Å². The van der Waals surface area contributed by atoms with E-state index in [1.165, 1.54) is 11.0 Å². The van der Waals surface area contributed by atoms with Crippen LogP contribution in [0.3, 0.4) is 0 Å². The van der Waals surface area contributed by atoms with Crippen molar-refractivity contribution in [1.82, 2.24) is 5.32 Å². The van der Waals surface area contributed by atoms with Crippen LogP contribution < -0.4 is 5.32 Å². The van der Waals surface area contributed by atoms with Crippen LogP contribution in [0.1, 0.15) is 34.6 Å². The fraction of sp³-hybridized carbons (Fsp3) is 0.889. The average molecular weight is 206 g/mol. The van der Waals surface area contributed by atoms with Crippen LogP contribution >= 0.6 is 23.5 Å². The maximum Gasteiger partial charge on any atom is 0.0602 e. The predicted octanol–water partition coefficient (Wildman–Crippen LogP) is 3.33. The first-order valence-electron chi connectivity index (χ1n) is 4.17. The quantitative estimate of drug-likeness (QED) is 0.653. The molecule has 1 saturated heterocycles. The highest BCUT2D eigenvalue weighted by atomic mass is 32.2. The van der Waals surface area contributed by atoms with Gasteiger partial charge in [-0.15, -0.1) is 23.5 Å². The fourth-order valence-electron chi connectivity index (χ4n) is 0.507. The molecule has 3 heteroatoms. The fourth-order valence-corrected chi connectivity index (χ4v) is 3.08. The maximum absolute atomic E-state index is 3.38. The van der Waals surface area contributed by atoms with Crippen molar-refractivity contribution in [2.24, 2.45) is 0 Å². The van der Waals surface area contributed by atoms with E-state index in [9.17, 15) is 0 Å². The summed E-state index contributed by atoms with van der Waals surface area (Å²) < 4.78 is 0. The molecule has 0 unspecified atom stereocenters. The van der Waals surface area contributed by atoms with Gasteiger partial charge in [0.1, 0.15) is 0 Å². The second kappa shape index (κ2) is 6.17. The summed E-state index contributed by atoms with van der Waals surface area (Å²) in [5, 5.41) is 4.62. The third kappa shape index (κ3) is 8.75. The van der Waals surface area contributed by atoms with Gasteiger partial charge in [-0.1, -0.05) is 20.8 Å². The summed E-state index contributed by atoms with van der Waals surface area (Å²) in [6, 6.07) is 0. The normalized spacial score (nSPS) is 21.5. The van der Waals surface area contributed by atoms with Crippen molar-refractivity contribution in [3.05, 3.63) is 5.92 Å². The van der Waals surface area contributed by atoms with Crippen LogP contribution in [0, 0.1) is 5.92 Å². The molecule has 0 aromatic carbocycles. The summed E-state index contributed by atoms with van der Waals surface area (Å²) in [6.07, 6.45) is 0. The van der Waals surface area contributed by atoms with Gasteiger partial charge >= 0.3 is 0 Å². The van der Waals surface area contributed by atoms with Gasteiger partial charge in [-0.3, -0.25) is 5.32 Å². The Kier molecular flexibility index (Phi) is 6.50. The van der Waals surface area contributed by atoms with Crippen LogP contribution in [0.15, 0.2) is 0 Å². The van der Waals surface area contributed by atoms with E-state index in [4.69, 9.17) is 0 Å². The Morgan fingerprint density at radius 3 is 1.92 bits per heavy atom. The van der Waals surface area contributed by atoms with Crippen molar-refractivity contribution < 1.29 is 0 Å². The Hall–Kier alpha value is 0.660. The minimum atomic E-state index is 0.325. The first-order chi connectivity index (χ1) is 5.44. The Labute approximate surface area is 85.5 Å². The van der Waals surface area contributed by atoms with Crippen molar-refractivity contribution in [3.8, 4) is 0 Å². The highest BCUT2D eigenvalue weighted by Crippen LogP contribution is 2.29. The molecule has 1 aliphatic rings. The standard InChI is InChI=1S/C5H11NS2.C4H9/c1-5(2)6-3-7-4-8-5;1-4(2)3/h6H,3-4H2,1-2H3;1-3H3. The van der Waals surface area contributed by atoms with Crippen LogP contribution in [0.4, 0.5) is 0 Å². The number of nitrogens with one attached hydrogen (secondary N) is 1. The highest BCUT2D eigenvalue weighted by molar-refractivity contribution is 8.17. The first-order valence-corrected chi connectivity index (χ1v) is 6.31. The van der Waals surface area contributed by atoms with Gasteiger partial charge in [-0.25, -0.2) is 0 Å². The summed E-state index contributed by atoms with van der Waals surface area (Å²) in [7, 11) is 0. The molecule has 0 atom stereocenters. The lowest BCUT2D eigenvalue weighted by Gasteiger charge is -2.29. The monoisotopic (exact) mass is 206 g/mol. The molecule has 1 N–H and O–H groups in total. The second-order valence-electron chi connectivity index (χ2n) is 3.80. The lowest BCUT2D eigenvalue weighted by molar-refractivity contribution is 0.595. The van der Waals surface area contributed by atoms with Gasteiger partial charge in [-0.2, -0.15) is 0 Å². The van der Waals surface area contributed by atoms with Crippen molar-refractivity contribution in [2.75, 3.05) is 11.0 Å². The molecular formula is C9H20NS2. The van der Waals surface area contributed by atoms with Crippen molar-refractivity contribution >= 4 is 23.5 Å². The van der Waals surface area contributed by atoms with Crippen molar-refractivity contribution in [3.63, 3.8) is 0 Å². The van der Waals surface area contributed by atoms with E-state index in [0.29, 0.717) is 4.87 Å². The molecule has 73 valence electrons. The molecule has 0 spiro atoms. The largest absolute Gasteiger partial charge is 0.294 e. The molecular weight excluding hydrogens is 186 g/mol. The third-order valence-corrected chi connectivity index (χ3v) is 3.46. The maximum atomic E-state index is 3.38. The molecule has 0 bridgehead atoms. The van der Waals surface area contributed by atoms with Crippen molar-refractivity contribution in [1.29, 1.82) is 0 Å². The van der Waals surface area contributed by atoms with Crippen LogP contribution in [-0.2, 0) is 0 Å². The summed E-state index contributed by atoms with van der Waals surface area (Å²) in [5.41, 5.74) is 0. The zero-order valence-electron chi connectivity index (χ0n) is 8.73. The van der Waals surface area contributed by atoms with Gasteiger partial charge < -0.3 is 0 Å². The highest BCUT2D eigenvalue weighted by Gasteiger charge is 2.19. The molecule has 1 radical (unpaired) electrons. The minimum absolute atomic E-state index is 0.325. The molecule has 1 rings (SSSR count). The van der Waals surface area contributed by atoms with E-state index in [1.807, 2.05) is 23.5 Å². The van der Waals surface area contributed by atoms with E-state index >= 15 is 0 Å². The lowest BCUT2D eigenvalue weighted by Crippen LogP contribution is -2.38. The molecule has 12 heavy (non-hydrogen) atoms. The van der Waals surface area contributed by atoms with Gasteiger partial charge in [-0.05, 0) is 19.8 Å². The Bertz CT molecular complexity index is 102. The van der Waals surface area contributed by atoms with Crippen LogP contribution in [0.5, 0.6) is 0 Å². The van der Waals surface area contributed by atoms with Gasteiger partial charge in [0.15, 0.2) is 0 Å². The summed E-state index contributed by atoms with van der Waals surface area (Å²) >= 11 is 3.92. The van der Waals surface area contributed by atoms with E-state index in [2.05, 4.69) is 39.9 Å². The third-order valence-electron chi connectivity index (χ3n) is 1.10. The average Bonchev–Trinajstić information content (AvgIpc) is 1.85. The zero-order chi connectivity index (χ0) is 9.61. The SMILES string of the molecule is CC1(C)NCSCS1.C[C](C)C. The molecule has 0 aromatic heterocycles. The van der Waals surface area contributed by atoms with Crippen molar-refractivity contribution in [2.45, 2.75) is 39.5 Å². The summed E-state index contributed by atoms with van der Waals surface area (Å²) in [6.45, 7) is 10.7. The Morgan fingerprint density at radius 1 is 1.25 bits per heavy atom. The Morgan fingerprint density at radius 2 is 1.75 bits per heavy atom. The number of hydrogen-bond donors (Lipinski definition) is 1. The number of thioether (sulfide) groups is 2. The van der Waals surface area contributed by atoms with Crippen LogP contribution in [0.25, 0.3) is 0 Å². The minimum Gasteiger partial charge on any atom is -0.294 e. The smallest absolute Gasteiger partial charge is 0.0602 e. The molecule has 1 heterocycles. The molecule has 1 nitrogen and oxygen atoms in total. The second-order valence-corrected chi connectivity index (χ2v) is 6.75. The van der Waals surface area contributed by atoms with Gasteiger partial charge in [0.25, 0.3) is 0 Å². The van der Waals surface area contributed by atoms with E-state index < -0.39 is 0 Å². The topological polar surface area (TPSA) is 12.0 Å². The van der Waals surface area contributed by atoms with E-state index in [-0.39, 0.29) is 0 Å². The molecule has 0 aliphatic carbocycles.